The van der Waals surface area contributed by atoms with E-state index in [2.05, 4.69) is 32.9 Å². The van der Waals surface area contributed by atoms with E-state index in [0.717, 1.165) is 29.6 Å². The summed E-state index contributed by atoms with van der Waals surface area (Å²) in [5.41, 5.74) is 8.60. The maximum absolute atomic E-state index is 6.26. The molecule has 2 aromatic heterocycles. The number of pyridine rings is 1. The van der Waals surface area contributed by atoms with Crippen LogP contribution < -0.4 is 5.73 Å². The van der Waals surface area contributed by atoms with Gasteiger partial charge in [0.1, 0.15) is 0 Å². The van der Waals surface area contributed by atoms with Gasteiger partial charge in [-0.25, -0.2) is 0 Å². The maximum atomic E-state index is 6.26. The number of rotatable bonds is 5. The molecule has 0 saturated carbocycles. The lowest BCUT2D eigenvalue weighted by molar-refractivity contribution is 0.545. The number of hydrogen-bond donors (Lipinski definition) is 1. The summed E-state index contributed by atoms with van der Waals surface area (Å²) in [4.78, 5) is 4.01. The largest absolute Gasteiger partial charge is 0.323 e. The Kier molecular flexibility index (Phi) is 4.49. The number of nitrogens with zero attached hydrogens (tertiary/aromatic N) is 3. The topological polar surface area (TPSA) is 56.7 Å². The van der Waals surface area contributed by atoms with Crippen LogP contribution in [0.3, 0.4) is 0 Å². The average molecular weight is 309 g/mol. The van der Waals surface area contributed by atoms with Crippen molar-refractivity contribution in [3.05, 3.63) is 46.5 Å². The van der Waals surface area contributed by atoms with Crippen molar-refractivity contribution in [3.8, 4) is 0 Å². The highest BCUT2D eigenvalue weighted by Gasteiger charge is 2.15. The van der Waals surface area contributed by atoms with Gasteiger partial charge in [0.05, 0.1) is 16.4 Å². The van der Waals surface area contributed by atoms with E-state index in [9.17, 15) is 0 Å². The fraction of sp³-hybridized carbons (Fsp3) is 0.385. The van der Waals surface area contributed by atoms with Crippen LogP contribution in [0.4, 0.5) is 0 Å². The number of aryl methyl sites for hydroxylation is 2. The zero-order valence-electron chi connectivity index (χ0n) is 10.4. The van der Waals surface area contributed by atoms with Gasteiger partial charge in [-0.15, -0.1) is 0 Å². The summed E-state index contributed by atoms with van der Waals surface area (Å²) in [6, 6.07) is 4.05. The lowest BCUT2D eigenvalue weighted by Gasteiger charge is -2.14. The molecule has 0 amide bonds. The molecule has 0 aromatic carbocycles. The van der Waals surface area contributed by atoms with Gasteiger partial charge in [0.25, 0.3) is 0 Å². The van der Waals surface area contributed by atoms with E-state index in [0.29, 0.717) is 0 Å². The first-order valence-corrected chi connectivity index (χ1v) is 6.87. The van der Waals surface area contributed by atoms with Gasteiger partial charge in [-0.05, 0) is 53.4 Å². The smallest absolute Gasteiger partial charge is 0.0693 e. The first-order valence-electron chi connectivity index (χ1n) is 6.08. The molecule has 5 heteroatoms. The average Bonchev–Trinajstić information content (AvgIpc) is 2.78. The van der Waals surface area contributed by atoms with E-state index in [1.54, 1.807) is 0 Å². The predicted molar refractivity (Wildman–Crippen MR) is 75.1 cm³/mol. The lowest BCUT2D eigenvalue weighted by Crippen LogP contribution is -2.17. The Hall–Kier alpha value is -1.20. The molecular formula is C13H17BrN4. The summed E-state index contributed by atoms with van der Waals surface area (Å²) < 4.78 is 2.94. The van der Waals surface area contributed by atoms with E-state index in [4.69, 9.17) is 5.73 Å². The highest BCUT2D eigenvalue weighted by molar-refractivity contribution is 9.10. The Bertz CT molecular complexity index is 495. The van der Waals surface area contributed by atoms with E-state index >= 15 is 0 Å². The monoisotopic (exact) mass is 308 g/mol. The van der Waals surface area contributed by atoms with Gasteiger partial charge in [0.15, 0.2) is 0 Å². The van der Waals surface area contributed by atoms with Crippen molar-refractivity contribution >= 4 is 15.9 Å². The van der Waals surface area contributed by atoms with Crippen molar-refractivity contribution in [2.24, 2.45) is 5.73 Å². The van der Waals surface area contributed by atoms with Crippen molar-refractivity contribution in [2.45, 2.75) is 32.4 Å². The van der Waals surface area contributed by atoms with Crippen molar-refractivity contribution in [3.63, 3.8) is 0 Å². The van der Waals surface area contributed by atoms with Gasteiger partial charge in [-0.1, -0.05) is 0 Å². The molecule has 18 heavy (non-hydrogen) atoms. The molecule has 0 spiro atoms. The molecule has 0 saturated heterocycles. The second-order valence-electron chi connectivity index (χ2n) is 4.19. The van der Waals surface area contributed by atoms with E-state index < -0.39 is 0 Å². The molecule has 0 radical (unpaired) electrons. The van der Waals surface area contributed by atoms with Gasteiger partial charge in [-0.3, -0.25) is 9.67 Å². The highest BCUT2D eigenvalue weighted by atomic mass is 79.9. The van der Waals surface area contributed by atoms with Crippen LogP contribution in [-0.4, -0.2) is 14.8 Å². The Balaban J connectivity index is 2.03. The first kappa shape index (κ1) is 13.2. The second kappa shape index (κ2) is 6.11. The SMILES string of the molecule is CCn1ncc(Br)c1C(N)CCc1ccncc1. The van der Waals surface area contributed by atoms with Crippen LogP contribution in [0.2, 0.25) is 0 Å². The minimum atomic E-state index is -0.00464. The molecule has 96 valence electrons. The first-order chi connectivity index (χ1) is 8.72. The quantitative estimate of drug-likeness (QED) is 0.924. The zero-order chi connectivity index (χ0) is 13.0. The molecule has 2 N–H and O–H groups in total. The zero-order valence-corrected chi connectivity index (χ0v) is 12.0. The molecular weight excluding hydrogens is 292 g/mol. The maximum Gasteiger partial charge on any atom is 0.0693 e. The van der Waals surface area contributed by atoms with Crippen LogP contribution in [0, 0.1) is 0 Å². The van der Waals surface area contributed by atoms with Crippen molar-refractivity contribution in [1.29, 1.82) is 0 Å². The molecule has 4 nitrogen and oxygen atoms in total. The van der Waals surface area contributed by atoms with Crippen LogP contribution in [0.15, 0.2) is 35.2 Å². The number of hydrogen-bond acceptors (Lipinski definition) is 3. The predicted octanol–water partition coefficient (Wildman–Crippen LogP) is 2.69. The molecule has 2 rings (SSSR count). The third-order valence-electron chi connectivity index (χ3n) is 2.98. The van der Waals surface area contributed by atoms with Crippen LogP contribution in [0.5, 0.6) is 0 Å². The second-order valence-corrected chi connectivity index (χ2v) is 5.05. The number of nitrogens with two attached hydrogens (primary N) is 1. The molecule has 0 aliphatic carbocycles. The van der Waals surface area contributed by atoms with Gasteiger partial charge in [0, 0.05) is 25.0 Å². The molecule has 1 unspecified atom stereocenters. The molecule has 2 aromatic rings. The van der Waals surface area contributed by atoms with Gasteiger partial charge >= 0.3 is 0 Å². The van der Waals surface area contributed by atoms with Gasteiger partial charge < -0.3 is 5.73 Å². The van der Waals surface area contributed by atoms with E-state index in [1.807, 2.05) is 35.4 Å². The van der Waals surface area contributed by atoms with E-state index in [-0.39, 0.29) is 6.04 Å². The summed E-state index contributed by atoms with van der Waals surface area (Å²) in [5.74, 6) is 0. The number of aromatic nitrogens is 3. The standard InChI is InChI=1S/C13H17BrN4/c1-2-18-13(11(14)9-17-18)12(15)4-3-10-5-7-16-8-6-10/h5-9,12H,2-4,15H2,1H3. The van der Waals surface area contributed by atoms with E-state index in [1.165, 1.54) is 5.56 Å². The van der Waals surface area contributed by atoms with Crippen molar-refractivity contribution in [2.75, 3.05) is 0 Å². The fourth-order valence-electron chi connectivity index (χ4n) is 2.00. The molecule has 0 bridgehead atoms. The Morgan fingerprint density at radius 1 is 1.39 bits per heavy atom. The Morgan fingerprint density at radius 3 is 2.78 bits per heavy atom. The minimum Gasteiger partial charge on any atom is -0.323 e. The van der Waals surface area contributed by atoms with Crippen molar-refractivity contribution < 1.29 is 0 Å². The molecule has 0 aliphatic rings. The summed E-state index contributed by atoms with van der Waals surface area (Å²) in [6.07, 6.45) is 7.28. The molecule has 0 fully saturated rings. The summed E-state index contributed by atoms with van der Waals surface area (Å²) >= 11 is 3.51. The summed E-state index contributed by atoms with van der Waals surface area (Å²) in [5, 5.41) is 4.29. The van der Waals surface area contributed by atoms with Crippen LogP contribution in [0.1, 0.15) is 30.6 Å². The van der Waals surface area contributed by atoms with Crippen LogP contribution in [0.25, 0.3) is 0 Å². The Morgan fingerprint density at radius 2 is 2.11 bits per heavy atom. The summed E-state index contributed by atoms with van der Waals surface area (Å²) in [6.45, 7) is 2.91. The van der Waals surface area contributed by atoms with Gasteiger partial charge in [0.2, 0.25) is 0 Å². The van der Waals surface area contributed by atoms with Crippen molar-refractivity contribution in [1.82, 2.24) is 14.8 Å². The normalized spacial score (nSPS) is 12.6. The third-order valence-corrected chi connectivity index (χ3v) is 3.59. The third kappa shape index (κ3) is 2.97. The lowest BCUT2D eigenvalue weighted by atomic mass is 10.0. The van der Waals surface area contributed by atoms with Crippen LogP contribution in [-0.2, 0) is 13.0 Å². The Labute approximate surface area is 115 Å². The van der Waals surface area contributed by atoms with Crippen LogP contribution >= 0.6 is 15.9 Å². The summed E-state index contributed by atoms with van der Waals surface area (Å²) in [7, 11) is 0. The minimum absolute atomic E-state index is 0.00464. The molecule has 1 atom stereocenters. The molecule has 2 heterocycles. The highest BCUT2D eigenvalue weighted by Crippen LogP contribution is 2.24. The fourth-order valence-corrected chi connectivity index (χ4v) is 2.59. The molecule has 0 aliphatic heterocycles. The van der Waals surface area contributed by atoms with Gasteiger partial charge in [-0.2, -0.15) is 5.10 Å². The number of halogens is 1.